The van der Waals surface area contributed by atoms with Crippen molar-refractivity contribution in [2.75, 3.05) is 17.6 Å². The van der Waals surface area contributed by atoms with E-state index in [1.165, 1.54) is 11.3 Å². The van der Waals surface area contributed by atoms with E-state index in [0.717, 1.165) is 42.3 Å². The van der Waals surface area contributed by atoms with Crippen LogP contribution in [-0.4, -0.2) is 32.8 Å². The van der Waals surface area contributed by atoms with E-state index in [1.807, 2.05) is 6.07 Å². The highest BCUT2D eigenvalue weighted by atomic mass is 35.5. The van der Waals surface area contributed by atoms with Crippen LogP contribution in [0.4, 0.5) is 10.9 Å². The highest BCUT2D eigenvalue weighted by Crippen LogP contribution is 2.34. The van der Waals surface area contributed by atoms with Crippen LogP contribution in [0, 0.1) is 0 Å². The number of anilines is 2. The van der Waals surface area contributed by atoms with Crippen LogP contribution < -0.4 is 16.8 Å². The van der Waals surface area contributed by atoms with E-state index < -0.39 is 0 Å². The molecule has 122 valence electrons. The predicted molar refractivity (Wildman–Crippen MR) is 93.0 cm³/mol. The summed E-state index contributed by atoms with van der Waals surface area (Å²) in [5, 5.41) is 12.5. The number of aromatic nitrogens is 4. The molecule has 1 aliphatic rings. The first-order chi connectivity index (χ1) is 9.70. The summed E-state index contributed by atoms with van der Waals surface area (Å²) in [6.45, 7) is 0.745. The van der Waals surface area contributed by atoms with Crippen molar-refractivity contribution in [2.45, 2.75) is 31.2 Å². The van der Waals surface area contributed by atoms with Gasteiger partial charge in [-0.15, -0.1) is 35.0 Å². The quantitative estimate of drug-likeness (QED) is 0.738. The molecule has 0 aromatic carbocycles. The molecule has 3 rings (SSSR count). The molecule has 0 bridgehead atoms. The van der Waals surface area contributed by atoms with Gasteiger partial charge in [-0.2, -0.15) is 0 Å². The van der Waals surface area contributed by atoms with Crippen LogP contribution in [0.1, 0.15) is 29.5 Å². The molecule has 2 heterocycles. The maximum absolute atomic E-state index is 5.81. The zero-order chi connectivity index (χ0) is 13.9. The second kappa shape index (κ2) is 8.42. The summed E-state index contributed by atoms with van der Waals surface area (Å²) in [5.41, 5.74) is 12.4. The lowest BCUT2D eigenvalue weighted by Gasteiger charge is -2.31. The van der Waals surface area contributed by atoms with Crippen molar-refractivity contribution in [2.24, 2.45) is 5.73 Å². The van der Waals surface area contributed by atoms with Crippen LogP contribution in [0.5, 0.6) is 0 Å². The monoisotopic (exact) mass is 363 g/mol. The molecule has 1 aliphatic carbocycles. The highest BCUT2D eigenvalue weighted by Gasteiger charge is 2.28. The van der Waals surface area contributed by atoms with Gasteiger partial charge in [-0.3, -0.25) is 0 Å². The molecule has 10 heteroatoms. The molecule has 1 saturated carbocycles. The van der Waals surface area contributed by atoms with Crippen molar-refractivity contribution in [3.63, 3.8) is 0 Å². The number of nitrogens with one attached hydrogen (secondary N) is 1. The largest absolute Gasteiger partial charge is 0.374 e. The van der Waals surface area contributed by atoms with Crippen LogP contribution >= 0.6 is 36.2 Å². The molecular formula is C12H19Cl2N7S. The van der Waals surface area contributed by atoms with Crippen molar-refractivity contribution in [1.29, 1.82) is 0 Å². The molecule has 0 atom stereocenters. The topological polar surface area (TPSA) is 116 Å². The van der Waals surface area contributed by atoms with Crippen molar-refractivity contribution in [3.05, 3.63) is 23.1 Å². The number of rotatable bonds is 5. The van der Waals surface area contributed by atoms with Crippen molar-refractivity contribution in [3.8, 4) is 0 Å². The third-order valence-corrected chi connectivity index (χ3v) is 4.22. The van der Waals surface area contributed by atoms with Gasteiger partial charge < -0.3 is 16.8 Å². The van der Waals surface area contributed by atoms with Gasteiger partial charge in [0, 0.05) is 36.7 Å². The summed E-state index contributed by atoms with van der Waals surface area (Å²) in [4.78, 5) is 8.55. The van der Waals surface area contributed by atoms with Gasteiger partial charge in [0.15, 0.2) is 0 Å². The van der Waals surface area contributed by atoms with Crippen LogP contribution in [0.15, 0.2) is 12.4 Å². The van der Waals surface area contributed by atoms with E-state index in [4.69, 9.17) is 11.5 Å². The minimum Gasteiger partial charge on any atom is -0.374 e. The Labute approximate surface area is 145 Å². The summed E-state index contributed by atoms with van der Waals surface area (Å²) in [7, 11) is 0. The first kappa shape index (κ1) is 18.8. The number of halogens is 2. The number of hydrogen-bond donors (Lipinski definition) is 3. The van der Waals surface area contributed by atoms with Crippen LogP contribution in [-0.2, 0) is 6.42 Å². The molecule has 7 nitrogen and oxygen atoms in total. The van der Waals surface area contributed by atoms with E-state index in [-0.39, 0.29) is 24.8 Å². The Balaban J connectivity index is 0.00000121. The average molecular weight is 364 g/mol. The first-order valence-electron chi connectivity index (χ1n) is 6.60. The molecule has 0 saturated heterocycles. The minimum absolute atomic E-state index is 0. The third kappa shape index (κ3) is 4.64. The SMILES string of the molecule is Cl.Cl.Nc1nnc(CCNc2cc(C3CC(N)C3)ncn2)s1. The number of nitrogens with two attached hydrogens (primary N) is 2. The summed E-state index contributed by atoms with van der Waals surface area (Å²) >= 11 is 1.41. The van der Waals surface area contributed by atoms with Gasteiger partial charge in [-0.1, -0.05) is 11.3 Å². The number of hydrogen-bond acceptors (Lipinski definition) is 8. The summed E-state index contributed by atoms with van der Waals surface area (Å²) in [5.74, 6) is 1.32. The molecule has 0 spiro atoms. The molecule has 2 aromatic rings. The Morgan fingerprint density at radius 3 is 2.64 bits per heavy atom. The zero-order valence-corrected chi connectivity index (χ0v) is 14.3. The fourth-order valence-corrected chi connectivity index (χ4v) is 2.87. The number of nitrogen functional groups attached to an aromatic ring is 1. The van der Waals surface area contributed by atoms with Gasteiger partial charge in [-0.25, -0.2) is 9.97 Å². The van der Waals surface area contributed by atoms with Gasteiger partial charge >= 0.3 is 0 Å². The smallest absolute Gasteiger partial charge is 0.203 e. The normalized spacial score (nSPS) is 19.5. The van der Waals surface area contributed by atoms with Crippen LogP contribution in [0.3, 0.4) is 0 Å². The van der Waals surface area contributed by atoms with Gasteiger partial charge in [-0.05, 0) is 12.8 Å². The second-order valence-corrected chi connectivity index (χ2v) is 6.06. The van der Waals surface area contributed by atoms with Crippen molar-refractivity contribution >= 4 is 47.1 Å². The molecule has 0 radical (unpaired) electrons. The van der Waals surface area contributed by atoms with E-state index in [9.17, 15) is 0 Å². The number of nitrogens with zero attached hydrogens (tertiary/aromatic N) is 4. The Kier molecular flexibility index (Phi) is 7.21. The lowest BCUT2D eigenvalue weighted by molar-refractivity contribution is 0.345. The Morgan fingerprint density at radius 2 is 2.00 bits per heavy atom. The minimum atomic E-state index is 0. The Morgan fingerprint density at radius 1 is 1.23 bits per heavy atom. The van der Waals surface area contributed by atoms with E-state index in [0.29, 0.717) is 17.1 Å². The molecule has 5 N–H and O–H groups in total. The average Bonchev–Trinajstić information content (AvgIpc) is 2.81. The van der Waals surface area contributed by atoms with Gasteiger partial charge in [0.05, 0.1) is 0 Å². The second-order valence-electron chi connectivity index (χ2n) is 4.97. The highest BCUT2D eigenvalue weighted by molar-refractivity contribution is 7.15. The molecular weight excluding hydrogens is 345 g/mol. The van der Waals surface area contributed by atoms with E-state index in [1.54, 1.807) is 6.33 Å². The lowest BCUT2D eigenvalue weighted by atomic mass is 9.79. The van der Waals surface area contributed by atoms with Gasteiger partial charge in [0.1, 0.15) is 17.2 Å². The van der Waals surface area contributed by atoms with E-state index in [2.05, 4.69) is 25.5 Å². The lowest BCUT2D eigenvalue weighted by Crippen LogP contribution is -2.35. The van der Waals surface area contributed by atoms with Crippen molar-refractivity contribution < 1.29 is 0 Å². The molecule has 1 fully saturated rings. The fraction of sp³-hybridized carbons (Fsp3) is 0.500. The Hall–Kier alpha value is -1.22. The van der Waals surface area contributed by atoms with Crippen LogP contribution in [0.2, 0.25) is 0 Å². The third-order valence-electron chi connectivity index (χ3n) is 3.41. The van der Waals surface area contributed by atoms with Crippen LogP contribution in [0.25, 0.3) is 0 Å². The molecule has 0 aliphatic heterocycles. The van der Waals surface area contributed by atoms with Gasteiger partial charge in [0.2, 0.25) is 5.13 Å². The summed E-state index contributed by atoms with van der Waals surface area (Å²) in [6, 6.07) is 2.33. The standard InChI is InChI=1S/C12H17N7S.2ClH/c13-8-3-7(4-8)9-5-10(17-6-16-9)15-2-1-11-18-19-12(14)20-11;;/h5-8H,1-4,13H2,(H2,14,19)(H,15,16,17);2*1H. The molecule has 0 amide bonds. The molecule has 2 aromatic heterocycles. The van der Waals surface area contributed by atoms with E-state index >= 15 is 0 Å². The molecule has 0 unspecified atom stereocenters. The Bertz CT molecular complexity index is 588. The van der Waals surface area contributed by atoms with Gasteiger partial charge in [0.25, 0.3) is 0 Å². The maximum atomic E-state index is 5.81. The van der Waals surface area contributed by atoms with Crippen molar-refractivity contribution in [1.82, 2.24) is 20.2 Å². The maximum Gasteiger partial charge on any atom is 0.203 e. The molecule has 22 heavy (non-hydrogen) atoms. The predicted octanol–water partition coefficient (Wildman–Crippen LogP) is 1.61. The summed E-state index contributed by atoms with van der Waals surface area (Å²) < 4.78 is 0. The summed E-state index contributed by atoms with van der Waals surface area (Å²) in [6.07, 6.45) is 4.41. The zero-order valence-electron chi connectivity index (χ0n) is 11.8. The first-order valence-corrected chi connectivity index (χ1v) is 7.41. The fourth-order valence-electron chi connectivity index (χ4n) is 2.26.